The predicted octanol–water partition coefficient (Wildman–Crippen LogP) is 2.09. The number of thiophene rings is 1. The summed E-state index contributed by atoms with van der Waals surface area (Å²) < 4.78 is 0. The molecule has 1 fully saturated rings. The van der Waals surface area contributed by atoms with Gasteiger partial charge in [-0.05, 0) is 31.9 Å². The number of amides is 1. The van der Waals surface area contributed by atoms with Gasteiger partial charge in [-0.15, -0.1) is 11.3 Å². The summed E-state index contributed by atoms with van der Waals surface area (Å²) in [4.78, 5) is 13.7. The van der Waals surface area contributed by atoms with Gasteiger partial charge in [-0.25, -0.2) is 0 Å². The van der Waals surface area contributed by atoms with Crippen LogP contribution in [0.4, 0.5) is 0 Å². The number of hydrogen-bond acceptors (Lipinski definition) is 3. The van der Waals surface area contributed by atoms with E-state index in [0.717, 1.165) is 35.4 Å². The van der Waals surface area contributed by atoms with Crippen LogP contribution in [0.15, 0.2) is 12.1 Å². The van der Waals surface area contributed by atoms with E-state index in [1.54, 1.807) is 0 Å². The fraction of sp³-hybridized carbons (Fsp3) is 0.583. The number of hydrogen-bond donors (Lipinski definition) is 2. The molecule has 0 aromatic carbocycles. The van der Waals surface area contributed by atoms with Crippen LogP contribution >= 0.6 is 11.3 Å². The van der Waals surface area contributed by atoms with Crippen LogP contribution in [0.2, 0.25) is 0 Å². The van der Waals surface area contributed by atoms with Gasteiger partial charge in [-0.1, -0.05) is 12.8 Å². The minimum absolute atomic E-state index is 0.0518. The van der Waals surface area contributed by atoms with E-state index in [-0.39, 0.29) is 18.1 Å². The Labute approximate surface area is 99.5 Å². The Morgan fingerprint density at radius 1 is 1.44 bits per heavy atom. The highest BCUT2D eigenvalue weighted by atomic mass is 32.1. The van der Waals surface area contributed by atoms with Gasteiger partial charge in [-0.2, -0.15) is 0 Å². The lowest BCUT2D eigenvalue weighted by atomic mass is 9.92. The van der Waals surface area contributed by atoms with Gasteiger partial charge in [0.25, 0.3) is 5.91 Å². The average molecular weight is 239 g/mol. The highest BCUT2D eigenvalue weighted by molar-refractivity contribution is 7.13. The van der Waals surface area contributed by atoms with Crippen molar-refractivity contribution in [3.8, 4) is 0 Å². The summed E-state index contributed by atoms with van der Waals surface area (Å²) in [6.07, 6.45) is 3.46. The summed E-state index contributed by atoms with van der Waals surface area (Å²) in [5, 5.41) is 12.7. The van der Waals surface area contributed by atoms with Gasteiger partial charge in [0.15, 0.2) is 0 Å². The molecule has 0 spiro atoms. The van der Waals surface area contributed by atoms with Crippen molar-refractivity contribution in [1.29, 1.82) is 0 Å². The van der Waals surface area contributed by atoms with Crippen molar-refractivity contribution in [3.05, 3.63) is 21.9 Å². The highest BCUT2D eigenvalue weighted by Gasteiger charge is 2.25. The van der Waals surface area contributed by atoms with Crippen molar-refractivity contribution < 1.29 is 9.90 Å². The number of aryl methyl sites for hydroxylation is 1. The van der Waals surface area contributed by atoms with Gasteiger partial charge in [0.2, 0.25) is 0 Å². The lowest BCUT2D eigenvalue weighted by molar-refractivity contribution is 0.0720. The van der Waals surface area contributed by atoms with Gasteiger partial charge < -0.3 is 10.4 Å². The number of carbonyl (C=O) groups is 1. The lowest BCUT2D eigenvalue weighted by Gasteiger charge is -2.28. The van der Waals surface area contributed by atoms with Gasteiger partial charge in [-0.3, -0.25) is 4.79 Å². The molecule has 1 amide bonds. The Kier molecular flexibility index (Phi) is 3.61. The highest BCUT2D eigenvalue weighted by Crippen LogP contribution is 2.20. The zero-order chi connectivity index (χ0) is 11.5. The Bertz CT molecular complexity index is 375. The SMILES string of the molecule is Cc1ccc(C(=O)N[C@@H]2CCCC[C@H]2O)s1. The maximum atomic E-state index is 11.9. The summed E-state index contributed by atoms with van der Waals surface area (Å²) in [5.74, 6) is -0.0518. The topological polar surface area (TPSA) is 49.3 Å². The first-order valence-corrected chi connectivity index (χ1v) is 6.54. The van der Waals surface area contributed by atoms with E-state index < -0.39 is 0 Å². The molecule has 16 heavy (non-hydrogen) atoms. The van der Waals surface area contributed by atoms with Gasteiger partial charge >= 0.3 is 0 Å². The van der Waals surface area contributed by atoms with Crippen molar-refractivity contribution in [2.24, 2.45) is 0 Å². The summed E-state index contributed by atoms with van der Waals surface area (Å²) in [5.41, 5.74) is 0. The van der Waals surface area contributed by atoms with E-state index in [1.807, 2.05) is 19.1 Å². The fourth-order valence-electron chi connectivity index (χ4n) is 2.08. The Balaban J connectivity index is 1.96. The minimum atomic E-state index is -0.376. The van der Waals surface area contributed by atoms with E-state index >= 15 is 0 Å². The number of aliphatic hydroxyl groups excluding tert-OH is 1. The van der Waals surface area contributed by atoms with Crippen LogP contribution in [-0.2, 0) is 0 Å². The van der Waals surface area contributed by atoms with Crippen LogP contribution < -0.4 is 5.32 Å². The number of carbonyl (C=O) groups excluding carboxylic acids is 1. The van der Waals surface area contributed by atoms with Gasteiger partial charge in [0.05, 0.1) is 17.0 Å². The maximum absolute atomic E-state index is 11.9. The molecule has 2 N–H and O–H groups in total. The van der Waals surface area contributed by atoms with Crippen molar-refractivity contribution in [3.63, 3.8) is 0 Å². The molecule has 1 saturated carbocycles. The van der Waals surface area contributed by atoms with Crippen LogP contribution in [0.5, 0.6) is 0 Å². The van der Waals surface area contributed by atoms with Crippen molar-refractivity contribution in [2.45, 2.75) is 44.8 Å². The maximum Gasteiger partial charge on any atom is 0.261 e. The smallest absolute Gasteiger partial charge is 0.261 e. The molecule has 0 aliphatic heterocycles. The number of aliphatic hydroxyl groups is 1. The minimum Gasteiger partial charge on any atom is -0.391 e. The molecule has 88 valence electrons. The van der Waals surface area contributed by atoms with Crippen LogP contribution in [0.3, 0.4) is 0 Å². The molecule has 0 bridgehead atoms. The summed E-state index contributed by atoms with van der Waals surface area (Å²) >= 11 is 1.49. The Hall–Kier alpha value is -0.870. The Morgan fingerprint density at radius 2 is 2.19 bits per heavy atom. The molecule has 0 unspecified atom stereocenters. The van der Waals surface area contributed by atoms with E-state index in [2.05, 4.69) is 5.32 Å². The second kappa shape index (κ2) is 4.97. The van der Waals surface area contributed by atoms with E-state index in [1.165, 1.54) is 11.3 Å². The monoisotopic (exact) mass is 239 g/mol. The standard InChI is InChI=1S/C12H17NO2S/c1-8-6-7-11(16-8)12(15)13-9-4-2-3-5-10(9)14/h6-7,9-10,14H,2-5H2,1H3,(H,13,15)/t9-,10-/m1/s1. The molecule has 4 heteroatoms. The Morgan fingerprint density at radius 3 is 2.81 bits per heavy atom. The largest absolute Gasteiger partial charge is 0.391 e. The van der Waals surface area contributed by atoms with Gasteiger partial charge in [0, 0.05) is 4.88 Å². The first-order chi connectivity index (χ1) is 7.66. The number of rotatable bonds is 2. The third kappa shape index (κ3) is 2.62. The average Bonchev–Trinajstić information content (AvgIpc) is 2.68. The number of nitrogens with one attached hydrogen (secondary N) is 1. The van der Waals surface area contributed by atoms with Crippen LogP contribution in [0.1, 0.15) is 40.2 Å². The third-order valence-electron chi connectivity index (χ3n) is 3.01. The first kappa shape index (κ1) is 11.6. The first-order valence-electron chi connectivity index (χ1n) is 5.72. The second-order valence-electron chi connectivity index (χ2n) is 4.34. The third-order valence-corrected chi connectivity index (χ3v) is 4.01. The molecular weight excluding hydrogens is 222 g/mol. The molecule has 1 aromatic rings. The van der Waals surface area contributed by atoms with Crippen molar-refractivity contribution in [2.75, 3.05) is 0 Å². The molecule has 2 rings (SSSR count). The fourth-order valence-corrected chi connectivity index (χ4v) is 2.85. The van der Waals surface area contributed by atoms with E-state index in [4.69, 9.17) is 0 Å². The van der Waals surface area contributed by atoms with Crippen molar-refractivity contribution >= 4 is 17.2 Å². The molecule has 0 saturated heterocycles. The quantitative estimate of drug-likeness (QED) is 0.830. The summed E-state index contributed by atoms with van der Waals surface area (Å²) in [6, 6.07) is 3.71. The van der Waals surface area contributed by atoms with E-state index in [0.29, 0.717) is 0 Å². The zero-order valence-corrected chi connectivity index (χ0v) is 10.2. The normalized spacial score (nSPS) is 25.4. The van der Waals surface area contributed by atoms with Crippen LogP contribution in [-0.4, -0.2) is 23.2 Å². The molecule has 1 aliphatic carbocycles. The molecule has 0 radical (unpaired) electrons. The molecule has 1 aromatic heterocycles. The summed E-state index contributed by atoms with van der Waals surface area (Å²) in [7, 11) is 0. The molecule has 1 aliphatic rings. The van der Waals surface area contributed by atoms with Crippen LogP contribution in [0.25, 0.3) is 0 Å². The predicted molar refractivity (Wildman–Crippen MR) is 64.8 cm³/mol. The van der Waals surface area contributed by atoms with E-state index in [9.17, 15) is 9.90 Å². The second-order valence-corrected chi connectivity index (χ2v) is 5.63. The van der Waals surface area contributed by atoms with Crippen molar-refractivity contribution in [1.82, 2.24) is 5.32 Å². The summed E-state index contributed by atoms with van der Waals surface area (Å²) in [6.45, 7) is 1.98. The zero-order valence-electron chi connectivity index (χ0n) is 9.40. The molecule has 2 atom stereocenters. The molecule has 1 heterocycles. The molecule has 3 nitrogen and oxygen atoms in total. The molecular formula is C12H17NO2S. The lowest BCUT2D eigenvalue weighted by Crippen LogP contribution is -2.44. The van der Waals surface area contributed by atoms with Gasteiger partial charge in [0.1, 0.15) is 0 Å². The van der Waals surface area contributed by atoms with Crippen LogP contribution in [0, 0.1) is 6.92 Å².